The molecule has 2 N–H and O–H groups in total. The van der Waals surface area contributed by atoms with E-state index in [2.05, 4.69) is 36.6 Å². The Morgan fingerprint density at radius 1 is 0.887 bits per heavy atom. The highest BCUT2D eigenvalue weighted by molar-refractivity contribution is 9.10. The van der Waals surface area contributed by atoms with Gasteiger partial charge in [-0.3, -0.25) is 18.6 Å². The van der Waals surface area contributed by atoms with Crippen LogP contribution in [0, 0.1) is 0 Å². The average molecular weight is 928 g/mol. The predicted octanol–water partition coefficient (Wildman–Crippen LogP) is 7.01. The number of alkyl halides is 6. The summed E-state index contributed by atoms with van der Waals surface area (Å²) < 4.78 is 151. The highest BCUT2D eigenvalue weighted by Gasteiger charge is 2.41. The first-order valence-electron chi connectivity index (χ1n) is 15.7. The van der Waals surface area contributed by atoms with Crippen LogP contribution in [0.5, 0.6) is 0 Å². The summed E-state index contributed by atoms with van der Waals surface area (Å²) in [5.74, 6) is -2.55. The van der Waals surface area contributed by atoms with Crippen LogP contribution in [0.2, 0.25) is 0 Å². The maximum Gasteiger partial charge on any atom is 0.522 e. The summed E-state index contributed by atoms with van der Waals surface area (Å²) in [6.45, 7) is 3.22. The van der Waals surface area contributed by atoms with E-state index in [-0.39, 0.29) is 48.0 Å². The fourth-order valence-corrected chi connectivity index (χ4v) is 7.86. The number of hydrogen-bond donors (Lipinski definition) is 2. The predicted molar refractivity (Wildman–Crippen MR) is 190 cm³/mol. The van der Waals surface area contributed by atoms with E-state index in [0.29, 0.717) is 39.6 Å². The Morgan fingerprint density at radius 3 is 2.08 bits per heavy atom. The van der Waals surface area contributed by atoms with Gasteiger partial charge in [0, 0.05) is 52.2 Å². The van der Waals surface area contributed by atoms with Crippen molar-refractivity contribution in [2.45, 2.75) is 58.9 Å². The number of aryl methyl sites for hydroxylation is 2. The summed E-state index contributed by atoms with van der Waals surface area (Å²) in [6, 6.07) is 5.44. The number of hydrogen-bond acceptors (Lipinski definition) is 8. The second-order valence-electron chi connectivity index (χ2n) is 11.6. The molecule has 0 amide bonds. The molecule has 2 aromatic carbocycles. The highest BCUT2D eigenvalue weighted by Crippen LogP contribution is 2.45. The zero-order chi connectivity index (χ0) is 39.7. The Hall–Kier alpha value is -3.02. The van der Waals surface area contributed by atoms with Crippen molar-refractivity contribution in [3.05, 3.63) is 68.1 Å². The number of ketones is 1. The van der Waals surface area contributed by atoms with Crippen molar-refractivity contribution in [1.82, 2.24) is 4.57 Å². The van der Waals surface area contributed by atoms with Crippen molar-refractivity contribution in [2.24, 2.45) is 0 Å². The van der Waals surface area contributed by atoms with Gasteiger partial charge in [-0.1, -0.05) is 22.0 Å². The molecule has 1 aliphatic rings. The number of rotatable bonds is 15. The number of halogens is 8. The molecule has 0 radical (unpaired) electrons. The van der Waals surface area contributed by atoms with E-state index in [1.807, 2.05) is 0 Å². The number of carbonyl (C=O) groups is 1. The quantitative estimate of drug-likeness (QED) is 0.0706. The van der Waals surface area contributed by atoms with Crippen LogP contribution in [0.1, 0.15) is 48.4 Å². The molecule has 0 aliphatic carbocycles. The molecule has 0 fully saturated rings. The second-order valence-corrected chi connectivity index (χ2v) is 16.5. The Balaban J connectivity index is 1.87. The minimum Gasteiger partial charge on any atom is -0.326 e. The minimum atomic E-state index is -5.19. The maximum absolute atomic E-state index is 13.5. The third-order valence-corrected chi connectivity index (χ3v) is 11.1. The minimum absolute atomic E-state index is 0.000935. The molecule has 22 heteroatoms. The lowest BCUT2D eigenvalue weighted by atomic mass is 10.1. The number of aromatic nitrogens is 2. The molecule has 53 heavy (non-hydrogen) atoms. The smallest absolute Gasteiger partial charge is 0.326 e. The number of carbonyl (C=O) groups excluding carboxylic acids is 1. The fraction of sp³-hybridized carbons (Fsp3) is 0.419. The van der Waals surface area contributed by atoms with Gasteiger partial charge in [-0.25, -0.2) is 9.13 Å². The Morgan fingerprint density at radius 2 is 1.51 bits per heavy atom. The fourth-order valence-electron chi connectivity index (χ4n) is 5.92. The summed E-state index contributed by atoms with van der Waals surface area (Å²) in [5.41, 5.74) is 0.997. The van der Waals surface area contributed by atoms with Gasteiger partial charge in [0.05, 0.1) is 42.6 Å². The molecule has 12 nitrogen and oxygen atoms in total. The number of imidazole rings is 1. The van der Waals surface area contributed by atoms with Crippen LogP contribution in [0.15, 0.2) is 51.2 Å². The van der Waals surface area contributed by atoms with E-state index in [0.717, 1.165) is 6.07 Å². The van der Waals surface area contributed by atoms with Crippen LogP contribution in [0.4, 0.5) is 37.7 Å². The molecule has 2 heterocycles. The van der Waals surface area contributed by atoms with E-state index in [1.165, 1.54) is 16.7 Å². The third-order valence-electron chi connectivity index (χ3n) is 8.06. The lowest BCUT2D eigenvalue weighted by Gasteiger charge is -2.24. The first-order valence-corrected chi connectivity index (χ1v) is 20.5. The topological polar surface area (TPSA) is 150 Å². The molecule has 0 saturated heterocycles. The molecule has 0 bridgehead atoms. The van der Waals surface area contributed by atoms with Crippen LogP contribution in [0.3, 0.4) is 0 Å². The largest absolute Gasteiger partial charge is 0.522 e. The molecule has 1 aliphatic heterocycles. The summed E-state index contributed by atoms with van der Waals surface area (Å²) in [6.07, 6.45) is -5.56. The molecule has 292 valence electrons. The van der Waals surface area contributed by atoms with E-state index in [4.69, 9.17) is 0 Å². The van der Waals surface area contributed by atoms with E-state index in [1.54, 1.807) is 52.5 Å². The van der Waals surface area contributed by atoms with Crippen molar-refractivity contribution in [2.75, 3.05) is 34.4 Å². The van der Waals surface area contributed by atoms with Crippen LogP contribution < -0.4 is 14.4 Å². The number of Topliss-reactive ketones (excluding diaryl/α,β-unsaturated/α-hetero) is 1. The lowest BCUT2D eigenvalue weighted by Crippen LogP contribution is -2.37. The van der Waals surface area contributed by atoms with Crippen molar-refractivity contribution < 1.29 is 66.4 Å². The van der Waals surface area contributed by atoms with Crippen LogP contribution >= 0.6 is 31.9 Å². The number of anilines is 2. The standard InChI is InChI=1S/C31H32Br2F6N4O8S2/c1-3-40-25-16-21(32)19(18-51-31(37,38)39)14-23(25)42(10-6-12-52(45,46)47)27(40)8-5-9-28-41(4-2)26-17-22(33)20(29(44)30(34,35)36)15-24(26)43(28)11-7-13-53(48,49)50/h5,8-9,14-17H,3-4,6-7,10-13,18H2,1-2H3,(H-,45,46,47,48,49,50)/p+1. The monoisotopic (exact) mass is 925 g/mol. The molecule has 0 unspecified atom stereocenters. The molecule has 4 rings (SSSR count). The number of allylic oxidation sites excluding steroid dienone is 2. The van der Waals surface area contributed by atoms with Crippen molar-refractivity contribution in [3.63, 3.8) is 0 Å². The SMILES string of the molecule is CCN1/C(=C\C=C\c2n(CC)c3cc(Br)c(C(=O)C(F)(F)F)cc3[n+]2CCCS(=O)(=O)O)N(CCCS(=O)(=O)O)c2cc(COC(F)(F)F)c(Br)cc21. The van der Waals surface area contributed by atoms with Crippen molar-refractivity contribution in [1.29, 1.82) is 0 Å². The zero-order valence-corrected chi connectivity index (χ0v) is 32.7. The zero-order valence-electron chi connectivity index (χ0n) is 27.9. The third kappa shape index (κ3) is 10.6. The van der Waals surface area contributed by atoms with E-state index < -0.39 is 62.2 Å². The van der Waals surface area contributed by atoms with Gasteiger partial charge in [0.1, 0.15) is 5.82 Å². The molecule has 0 spiro atoms. The van der Waals surface area contributed by atoms with Crippen LogP contribution in [-0.2, 0) is 44.7 Å². The lowest BCUT2D eigenvalue weighted by molar-refractivity contribution is -0.673. The average Bonchev–Trinajstić information content (AvgIpc) is 3.46. The summed E-state index contributed by atoms with van der Waals surface area (Å²) in [4.78, 5) is 15.7. The van der Waals surface area contributed by atoms with Gasteiger partial charge >= 0.3 is 12.5 Å². The van der Waals surface area contributed by atoms with Gasteiger partial charge in [0.25, 0.3) is 31.8 Å². The number of nitrogens with zero attached hydrogens (tertiary/aromatic N) is 4. The van der Waals surface area contributed by atoms with E-state index >= 15 is 0 Å². The molecular weight excluding hydrogens is 894 g/mol. The summed E-state index contributed by atoms with van der Waals surface area (Å²) >= 11 is 6.36. The van der Waals surface area contributed by atoms with Crippen LogP contribution in [-0.4, -0.2) is 73.4 Å². The Kier molecular flexibility index (Phi) is 13.2. The normalized spacial score (nSPS) is 15.1. The first-order chi connectivity index (χ1) is 24.5. The number of fused-ring (bicyclic) bond motifs is 2. The van der Waals surface area contributed by atoms with Gasteiger partial charge in [0.15, 0.2) is 11.0 Å². The molecule has 0 atom stereocenters. The molecule has 3 aromatic rings. The van der Waals surface area contributed by atoms with Gasteiger partial charge in [0.2, 0.25) is 0 Å². The van der Waals surface area contributed by atoms with Crippen LogP contribution in [0.25, 0.3) is 17.1 Å². The Bertz CT molecular complexity index is 2170. The highest BCUT2D eigenvalue weighted by atomic mass is 79.9. The molecule has 0 saturated carbocycles. The maximum atomic E-state index is 13.5. The number of ether oxygens (including phenoxy) is 1. The molecule has 1 aromatic heterocycles. The van der Waals surface area contributed by atoms with Gasteiger partial charge in [-0.15, -0.1) is 13.2 Å². The van der Waals surface area contributed by atoms with Gasteiger partial charge in [-0.2, -0.15) is 30.0 Å². The first kappa shape index (κ1) is 42.7. The summed E-state index contributed by atoms with van der Waals surface area (Å²) in [5, 5.41) is 0. The van der Waals surface area contributed by atoms with E-state index in [9.17, 15) is 57.1 Å². The second kappa shape index (κ2) is 16.4. The van der Waals surface area contributed by atoms with Crippen molar-refractivity contribution >= 4 is 86.4 Å². The van der Waals surface area contributed by atoms with Crippen molar-refractivity contribution in [3.8, 4) is 0 Å². The molecular formula is C31H33Br2F6N4O8S2+. The van der Waals surface area contributed by atoms with Gasteiger partial charge < -0.3 is 9.80 Å². The Labute approximate surface area is 317 Å². The summed E-state index contributed by atoms with van der Waals surface area (Å²) in [7, 11) is -8.76. The number of benzene rings is 2. The van der Waals surface area contributed by atoms with Gasteiger partial charge in [-0.05, 0) is 60.0 Å².